The third-order valence-corrected chi connectivity index (χ3v) is 5.76. The summed E-state index contributed by atoms with van der Waals surface area (Å²) in [6, 6.07) is 8.22. The predicted molar refractivity (Wildman–Crippen MR) is 106 cm³/mol. The molecule has 4 rings (SSSR count). The zero-order valence-electron chi connectivity index (χ0n) is 16.0. The number of halogens is 4. The van der Waals surface area contributed by atoms with Gasteiger partial charge in [0, 0.05) is 10.6 Å². The maximum Gasteiger partial charge on any atom is 0.416 e. The van der Waals surface area contributed by atoms with E-state index in [-0.39, 0.29) is 18.0 Å². The van der Waals surface area contributed by atoms with Crippen molar-refractivity contribution in [2.75, 3.05) is 6.54 Å². The summed E-state index contributed by atoms with van der Waals surface area (Å²) in [7, 11) is 0. The summed E-state index contributed by atoms with van der Waals surface area (Å²) in [6.45, 7) is -0.108. The van der Waals surface area contributed by atoms with E-state index in [4.69, 9.17) is 11.6 Å². The van der Waals surface area contributed by atoms with Crippen molar-refractivity contribution in [2.24, 2.45) is 5.92 Å². The number of benzene rings is 2. The molecule has 0 radical (unpaired) electrons. The molecular formula is C21H17ClF3N3O3. The highest BCUT2D eigenvalue weighted by Crippen LogP contribution is 2.41. The Morgan fingerprint density at radius 2 is 1.81 bits per heavy atom. The number of carbonyl (C=O) groups is 3. The Morgan fingerprint density at radius 1 is 1.13 bits per heavy atom. The van der Waals surface area contributed by atoms with Crippen molar-refractivity contribution in [2.45, 2.75) is 24.6 Å². The highest BCUT2D eigenvalue weighted by molar-refractivity contribution is 6.31. The first-order valence-electron chi connectivity index (χ1n) is 9.49. The number of alkyl halides is 3. The SMILES string of the molecule is O=C1NC(=O)[C@](CNC(=O)c2ccc(Cl)cc2-c2ccc(C(F)(F)F)cc2)(C2CC2)N1. The van der Waals surface area contributed by atoms with Crippen molar-refractivity contribution in [3.63, 3.8) is 0 Å². The van der Waals surface area contributed by atoms with Gasteiger partial charge < -0.3 is 10.6 Å². The molecule has 0 spiro atoms. The number of rotatable bonds is 5. The first-order chi connectivity index (χ1) is 14.6. The molecule has 1 aliphatic heterocycles. The van der Waals surface area contributed by atoms with Crippen molar-refractivity contribution in [3.05, 3.63) is 58.6 Å². The minimum Gasteiger partial charge on any atom is -0.349 e. The molecule has 1 heterocycles. The number of urea groups is 1. The molecule has 10 heteroatoms. The van der Waals surface area contributed by atoms with Gasteiger partial charge in [-0.1, -0.05) is 23.7 Å². The molecule has 6 nitrogen and oxygen atoms in total. The number of amides is 4. The lowest BCUT2D eigenvalue weighted by Gasteiger charge is -2.26. The lowest BCUT2D eigenvalue weighted by Crippen LogP contribution is -2.57. The average Bonchev–Trinajstić information content (AvgIpc) is 3.51. The van der Waals surface area contributed by atoms with Crippen LogP contribution in [0.1, 0.15) is 28.8 Å². The van der Waals surface area contributed by atoms with Crippen LogP contribution in [0, 0.1) is 5.92 Å². The van der Waals surface area contributed by atoms with Gasteiger partial charge in [-0.15, -0.1) is 0 Å². The molecule has 1 saturated heterocycles. The second-order valence-electron chi connectivity index (χ2n) is 7.60. The Bertz CT molecular complexity index is 1070. The zero-order valence-corrected chi connectivity index (χ0v) is 16.7. The van der Waals surface area contributed by atoms with Crippen LogP contribution in [0.4, 0.5) is 18.0 Å². The van der Waals surface area contributed by atoms with Crippen molar-refractivity contribution >= 4 is 29.4 Å². The number of hydrogen-bond donors (Lipinski definition) is 3. The molecule has 162 valence electrons. The number of hydrogen-bond acceptors (Lipinski definition) is 3. The van der Waals surface area contributed by atoms with Gasteiger partial charge in [-0.05, 0) is 60.2 Å². The molecule has 2 aromatic rings. The Hall–Kier alpha value is -3.07. The minimum atomic E-state index is -4.48. The molecule has 0 unspecified atom stereocenters. The first-order valence-corrected chi connectivity index (χ1v) is 9.87. The van der Waals surface area contributed by atoms with E-state index in [1.807, 2.05) is 0 Å². The second kappa shape index (κ2) is 7.56. The quantitative estimate of drug-likeness (QED) is 0.605. The monoisotopic (exact) mass is 451 g/mol. The van der Waals surface area contributed by atoms with Crippen molar-refractivity contribution in [3.8, 4) is 11.1 Å². The van der Waals surface area contributed by atoms with Crippen LogP contribution >= 0.6 is 11.6 Å². The van der Waals surface area contributed by atoms with Gasteiger partial charge in [-0.2, -0.15) is 13.2 Å². The van der Waals surface area contributed by atoms with Crippen LogP contribution in [-0.4, -0.2) is 29.9 Å². The third-order valence-electron chi connectivity index (χ3n) is 5.52. The van der Waals surface area contributed by atoms with Crippen LogP contribution < -0.4 is 16.0 Å². The van der Waals surface area contributed by atoms with E-state index >= 15 is 0 Å². The van der Waals surface area contributed by atoms with Crippen molar-refractivity contribution < 1.29 is 27.6 Å². The molecule has 0 aromatic heterocycles. The lowest BCUT2D eigenvalue weighted by molar-refractivity contribution is -0.137. The van der Waals surface area contributed by atoms with Crippen LogP contribution in [0.3, 0.4) is 0 Å². The molecule has 1 saturated carbocycles. The smallest absolute Gasteiger partial charge is 0.349 e. The van der Waals surface area contributed by atoms with Crippen LogP contribution in [-0.2, 0) is 11.0 Å². The molecule has 2 fully saturated rings. The molecule has 0 bridgehead atoms. The van der Waals surface area contributed by atoms with Crippen LogP contribution in [0.2, 0.25) is 5.02 Å². The molecule has 3 N–H and O–H groups in total. The topological polar surface area (TPSA) is 87.3 Å². The summed E-state index contributed by atoms with van der Waals surface area (Å²) in [5.41, 5.74) is -1.10. The molecule has 2 aromatic carbocycles. The number of imide groups is 1. The summed E-state index contributed by atoms with van der Waals surface area (Å²) in [5, 5.41) is 7.82. The van der Waals surface area contributed by atoms with E-state index in [1.165, 1.54) is 30.3 Å². The highest BCUT2D eigenvalue weighted by Gasteiger charge is 2.56. The standard InChI is InChI=1S/C21H17ClF3N3O3/c22-14-7-8-15(16(9-14)11-1-3-13(4-2-11)21(23,24)25)17(29)26-10-20(12-5-6-12)18(30)27-19(31)28-20/h1-4,7-9,12H,5-6,10H2,(H,26,29)(H2,27,28,30,31)/t20-/m0/s1. The molecule has 2 aliphatic rings. The molecule has 1 aliphatic carbocycles. The second-order valence-corrected chi connectivity index (χ2v) is 8.04. The van der Waals surface area contributed by atoms with E-state index in [9.17, 15) is 27.6 Å². The molecule has 1 atom stereocenters. The van der Waals surface area contributed by atoms with Crippen molar-refractivity contribution in [1.29, 1.82) is 0 Å². The summed E-state index contributed by atoms with van der Waals surface area (Å²) in [6.07, 6.45) is -2.97. The fraction of sp³-hybridized carbons (Fsp3) is 0.286. The van der Waals surface area contributed by atoms with Crippen LogP contribution in [0.25, 0.3) is 11.1 Å². The van der Waals surface area contributed by atoms with E-state index in [0.29, 0.717) is 16.1 Å². The molecule has 4 amide bonds. The Kier molecular flexibility index (Phi) is 5.17. The van der Waals surface area contributed by atoms with Gasteiger partial charge >= 0.3 is 12.2 Å². The Morgan fingerprint density at radius 3 is 2.35 bits per heavy atom. The number of nitrogens with one attached hydrogen (secondary N) is 3. The Labute approximate surface area is 180 Å². The van der Waals surface area contributed by atoms with Gasteiger partial charge in [0.15, 0.2) is 0 Å². The molecule has 31 heavy (non-hydrogen) atoms. The first kappa shape index (κ1) is 21.2. The summed E-state index contributed by atoms with van der Waals surface area (Å²) in [5.74, 6) is -1.10. The predicted octanol–water partition coefficient (Wildman–Crippen LogP) is 3.74. The maximum atomic E-state index is 12.9. The van der Waals surface area contributed by atoms with Gasteiger partial charge in [0.25, 0.3) is 11.8 Å². The van der Waals surface area contributed by atoms with Gasteiger partial charge in [0.2, 0.25) is 0 Å². The number of carbonyl (C=O) groups excluding carboxylic acids is 3. The summed E-state index contributed by atoms with van der Waals surface area (Å²) < 4.78 is 38.6. The summed E-state index contributed by atoms with van der Waals surface area (Å²) in [4.78, 5) is 36.9. The van der Waals surface area contributed by atoms with Gasteiger partial charge in [0.05, 0.1) is 12.1 Å². The molecular weight excluding hydrogens is 435 g/mol. The fourth-order valence-electron chi connectivity index (χ4n) is 3.74. The lowest BCUT2D eigenvalue weighted by atomic mass is 9.92. The largest absolute Gasteiger partial charge is 0.416 e. The normalized spacial score (nSPS) is 20.9. The van der Waals surface area contributed by atoms with Crippen LogP contribution in [0.15, 0.2) is 42.5 Å². The van der Waals surface area contributed by atoms with E-state index < -0.39 is 35.1 Å². The maximum absolute atomic E-state index is 12.9. The third kappa shape index (κ3) is 4.10. The average molecular weight is 452 g/mol. The van der Waals surface area contributed by atoms with E-state index in [0.717, 1.165) is 25.0 Å². The zero-order chi connectivity index (χ0) is 22.4. The van der Waals surface area contributed by atoms with E-state index in [1.54, 1.807) is 0 Å². The highest BCUT2D eigenvalue weighted by atomic mass is 35.5. The van der Waals surface area contributed by atoms with Crippen molar-refractivity contribution in [1.82, 2.24) is 16.0 Å². The van der Waals surface area contributed by atoms with Gasteiger partial charge in [0.1, 0.15) is 5.54 Å². The van der Waals surface area contributed by atoms with Gasteiger partial charge in [-0.25, -0.2) is 4.79 Å². The van der Waals surface area contributed by atoms with Crippen LogP contribution in [0.5, 0.6) is 0 Å². The minimum absolute atomic E-state index is 0.0705. The summed E-state index contributed by atoms with van der Waals surface area (Å²) >= 11 is 6.05. The Balaban J connectivity index is 1.59. The van der Waals surface area contributed by atoms with Gasteiger partial charge in [-0.3, -0.25) is 14.9 Å². The fourth-order valence-corrected chi connectivity index (χ4v) is 3.92. The van der Waals surface area contributed by atoms with E-state index in [2.05, 4.69) is 16.0 Å².